The van der Waals surface area contributed by atoms with Crippen LogP contribution in [-0.2, 0) is 4.79 Å². The molecule has 0 fully saturated rings. The first-order chi connectivity index (χ1) is 10.7. The van der Waals surface area contributed by atoms with Gasteiger partial charge in [0.25, 0.3) is 5.91 Å². The van der Waals surface area contributed by atoms with Gasteiger partial charge in [-0.05, 0) is 34.2 Å². The zero-order chi connectivity index (χ0) is 15.4. The maximum Gasteiger partial charge on any atom is 0.253 e. The average molecular weight is 358 g/mol. The Kier molecular flexibility index (Phi) is 4.24. The summed E-state index contributed by atoms with van der Waals surface area (Å²) in [5.41, 5.74) is 1.51. The summed E-state index contributed by atoms with van der Waals surface area (Å²) < 4.78 is 2.33. The van der Waals surface area contributed by atoms with Crippen LogP contribution in [0.3, 0.4) is 0 Å². The van der Waals surface area contributed by atoms with Gasteiger partial charge in [-0.1, -0.05) is 52.3 Å². The molecule has 0 aliphatic carbocycles. The number of aromatic nitrogens is 4. The first-order valence-electron chi connectivity index (χ1n) is 6.58. The Hall–Kier alpha value is -2.54. The van der Waals surface area contributed by atoms with E-state index in [-0.39, 0.29) is 5.91 Å². The topological polar surface area (TPSA) is 72.7 Å². The summed E-state index contributed by atoms with van der Waals surface area (Å²) in [5, 5.41) is 14.0. The summed E-state index contributed by atoms with van der Waals surface area (Å²) in [7, 11) is 0. The van der Waals surface area contributed by atoms with Gasteiger partial charge in [0.1, 0.15) is 6.33 Å². The first kappa shape index (κ1) is 14.4. The Bertz CT molecular complexity index is 761. The third-order valence-electron chi connectivity index (χ3n) is 3.09. The van der Waals surface area contributed by atoms with Crippen LogP contribution in [0.5, 0.6) is 0 Å². The SMILES string of the molecule is O=C(Nc1cccc(Br)c1)C(c1ccccc1)n1cnnn1. The summed E-state index contributed by atoms with van der Waals surface area (Å²) >= 11 is 3.38. The smallest absolute Gasteiger partial charge is 0.253 e. The number of anilines is 1. The largest absolute Gasteiger partial charge is 0.324 e. The number of carbonyl (C=O) groups is 1. The maximum absolute atomic E-state index is 12.7. The van der Waals surface area contributed by atoms with Crippen LogP contribution in [0.15, 0.2) is 65.4 Å². The van der Waals surface area contributed by atoms with E-state index in [0.717, 1.165) is 10.0 Å². The lowest BCUT2D eigenvalue weighted by atomic mass is 10.1. The van der Waals surface area contributed by atoms with Crippen LogP contribution in [0, 0.1) is 0 Å². The number of rotatable bonds is 4. The van der Waals surface area contributed by atoms with Gasteiger partial charge in [-0.3, -0.25) is 4.79 Å². The number of hydrogen-bond donors (Lipinski definition) is 1. The quantitative estimate of drug-likeness (QED) is 0.778. The molecule has 1 atom stereocenters. The fourth-order valence-corrected chi connectivity index (χ4v) is 2.52. The molecule has 2 aromatic carbocycles. The van der Waals surface area contributed by atoms with Gasteiger partial charge in [0.05, 0.1) is 0 Å². The second-order valence-electron chi connectivity index (χ2n) is 4.60. The fraction of sp³-hybridized carbons (Fsp3) is 0.0667. The molecule has 0 spiro atoms. The zero-order valence-electron chi connectivity index (χ0n) is 11.4. The van der Waals surface area contributed by atoms with Crippen molar-refractivity contribution in [2.24, 2.45) is 0 Å². The van der Waals surface area contributed by atoms with Crippen molar-refractivity contribution in [3.8, 4) is 0 Å². The number of tetrazole rings is 1. The molecule has 0 saturated carbocycles. The highest BCUT2D eigenvalue weighted by molar-refractivity contribution is 9.10. The number of halogens is 1. The van der Waals surface area contributed by atoms with E-state index in [1.54, 1.807) is 0 Å². The molecule has 0 aliphatic heterocycles. The molecule has 1 amide bonds. The van der Waals surface area contributed by atoms with Crippen LogP contribution in [0.1, 0.15) is 11.6 Å². The molecule has 7 heteroatoms. The van der Waals surface area contributed by atoms with Gasteiger partial charge in [0.2, 0.25) is 0 Å². The third kappa shape index (κ3) is 3.20. The van der Waals surface area contributed by atoms with Crippen molar-refractivity contribution in [1.29, 1.82) is 0 Å². The lowest BCUT2D eigenvalue weighted by molar-refractivity contribution is -0.118. The Morgan fingerprint density at radius 2 is 1.95 bits per heavy atom. The summed E-state index contributed by atoms with van der Waals surface area (Å²) in [5.74, 6) is -0.211. The van der Waals surface area contributed by atoms with Gasteiger partial charge in [-0.25, -0.2) is 4.68 Å². The molecule has 3 aromatic rings. The van der Waals surface area contributed by atoms with Crippen molar-refractivity contribution < 1.29 is 4.79 Å². The number of amides is 1. The number of benzene rings is 2. The van der Waals surface area contributed by atoms with E-state index < -0.39 is 6.04 Å². The number of nitrogens with one attached hydrogen (secondary N) is 1. The van der Waals surface area contributed by atoms with E-state index >= 15 is 0 Å². The highest BCUT2D eigenvalue weighted by atomic mass is 79.9. The first-order valence-corrected chi connectivity index (χ1v) is 7.37. The van der Waals surface area contributed by atoms with Crippen LogP contribution in [0.2, 0.25) is 0 Å². The molecule has 0 radical (unpaired) electrons. The van der Waals surface area contributed by atoms with Crippen molar-refractivity contribution in [2.45, 2.75) is 6.04 Å². The van der Waals surface area contributed by atoms with Crippen LogP contribution in [0.4, 0.5) is 5.69 Å². The van der Waals surface area contributed by atoms with Crippen LogP contribution in [0.25, 0.3) is 0 Å². The summed E-state index contributed by atoms with van der Waals surface area (Å²) in [4.78, 5) is 12.7. The van der Waals surface area contributed by atoms with Crippen molar-refractivity contribution in [3.05, 3.63) is 71.0 Å². The molecule has 1 unspecified atom stereocenters. The highest BCUT2D eigenvalue weighted by Crippen LogP contribution is 2.21. The van der Waals surface area contributed by atoms with Gasteiger partial charge in [-0.15, -0.1) is 5.10 Å². The molecule has 22 heavy (non-hydrogen) atoms. The van der Waals surface area contributed by atoms with Crippen LogP contribution < -0.4 is 5.32 Å². The Morgan fingerprint density at radius 3 is 2.64 bits per heavy atom. The van der Waals surface area contributed by atoms with E-state index in [4.69, 9.17) is 0 Å². The standard InChI is InChI=1S/C15H12BrN5O/c16-12-7-4-8-13(9-12)18-15(22)14(21-10-17-19-20-21)11-5-2-1-3-6-11/h1-10,14H,(H,18,22). The molecule has 0 aliphatic rings. The molecule has 110 valence electrons. The van der Waals surface area contributed by atoms with E-state index in [2.05, 4.69) is 36.8 Å². The van der Waals surface area contributed by atoms with Gasteiger partial charge < -0.3 is 5.32 Å². The fourth-order valence-electron chi connectivity index (χ4n) is 2.12. The van der Waals surface area contributed by atoms with Gasteiger partial charge in [0, 0.05) is 10.2 Å². The average Bonchev–Trinajstić information content (AvgIpc) is 3.02. The third-order valence-corrected chi connectivity index (χ3v) is 3.58. The van der Waals surface area contributed by atoms with Crippen molar-refractivity contribution >= 4 is 27.5 Å². The van der Waals surface area contributed by atoms with Gasteiger partial charge in [0.15, 0.2) is 6.04 Å². The normalized spacial score (nSPS) is 11.9. The number of hydrogen-bond acceptors (Lipinski definition) is 4. The van der Waals surface area contributed by atoms with Crippen molar-refractivity contribution in [3.63, 3.8) is 0 Å². The second-order valence-corrected chi connectivity index (χ2v) is 5.52. The van der Waals surface area contributed by atoms with E-state index in [1.165, 1.54) is 11.0 Å². The van der Waals surface area contributed by atoms with Crippen LogP contribution >= 0.6 is 15.9 Å². The Balaban J connectivity index is 1.91. The Labute approximate surface area is 135 Å². The van der Waals surface area contributed by atoms with E-state index in [1.807, 2.05) is 54.6 Å². The second kappa shape index (κ2) is 6.48. The molecule has 1 heterocycles. The predicted octanol–water partition coefficient (Wildman–Crippen LogP) is 2.66. The van der Waals surface area contributed by atoms with E-state index in [0.29, 0.717) is 5.69 Å². The van der Waals surface area contributed by atoms with Gasteiger partial charge >= 0.3 is 0 Å². The summed E-state index contributed by atoms with van der Waals surface area (Å²) in [6, 6.07) is 16.2. The molecule has 6 nitrogen and oxygen atoms in total. The molecular weight excluding hydrogens is 346 g/mol. The lowest BCUT2D eigenvalue weighted by Gasteiger charge is -2.16. The lowest BCUT2D eigenvalue weighted by Crippen LogP contribution is -2.27. The summed E-state index contributed by atoms with van der Waals surface area (Å²) in [6.45, 7) is 0. The predicted molar refractivity (Wildman–Crippen MR) is 85.2 cm³/mol. The van der Waals surface area contributed by atoms with Gasteiger partial charge in [-0.2, -0.15) is 0 Å². The van der Waals surface area contributed by atoms with Crippen LogP contribution in [-0.4, -0.2) is 26.1 Å². The molecular formula is C15H12BrN5O. The molecule has 3 rings (SSSR count). The maximum atomic E-state index is 12.7. The molecule has 0 bridgehead atoms. The minimum absolute atomic E-state index is 0.211. The Morgan fingerprint density at radius 1 is 1.14 bits per heavy atom. The number of nitrogens with zero attached hydrogens (tertiary/aromatic N) is 4. The monoisotopic (exact) mass is 357 g/mol. The zero-order valence-corrected chi connectivity index (χ0v) is 13.0. The minimum atomic E-state index is -0.629. The molecule has 1 N–H and O–H groups in total. The van der Waals surface area contributed by atoms with Crippen molar-refractivity contribution in [2.75, 3.05) is 5.32 Å². The number of carbonyl (C=O) groups excluding carboxylic acids is 1. The van der Waals surface area contributed by atoms with E-state index in [9.17, 15) is 4.79 Å². The highest BCUT2D eigenvalue weighted by Gasteiger charge is 2.23. The molecule has 1 aromatic heterocycles. The van der Waals surface area contributed by atoms with Crippen molar-refractivity contribution in [1.82, 2.24) is 20.2 Å². The molecule has 0 saturated heterocycles. The summed E-state index contributed by atoms with van der Waals surface area (Å²) in [6.07, 6.45) is 1.43. The minimum Gasteiger partial charge on any atom is -0.324 e.